The summed E-state index contributed by atoms with van der Waals surface area (Å²) in [6.07, 6.45) is 0. The fourth-order valence-electron chi connectivity index (χ4n) is 1.77. The lowest BCUT2D eigenvalue weighted by Gasteiger charge is -2.49. The molecule has 0 saturated carbocycles. The standard InChI is InChI=1S/C7H8F12N8O8/c1-4(2,3-32-26(28)29)5(35-27(30)31,33-6(20(8)9,21(10)11)22(12)13)34-7(23(14)15,24(16)17)25(18)19/h3H2,1-2H3. The van der Waals surface area contributed by atoms with Crippen LogP contribution in [-0.4, -0.2) is 66.8 Å². The molecule has 0 fully saturated rings. The van der Waals surface area contributed by atoms with Crippen molar-refractivity contribution in [1.82, 2.24) is 32.1 Å². The predicted molar refractivity (Wildman–Crippen MR) is 69.5 cm³/mol. The van der Waals surface area contributed by atoms with E-state index in [0.717, 1.165) is 0 Å². The van der Waals surface area contributed by atoms with E-state index in [1.165, 1.54) is 0 Å². The minimum Gasteiger partial charge on any atom is -0.313 e. The van der Waals surface area contributed by atoms with Gasteiger partial charge in [-0.2, -0.15) is 0 Å². The van der Waals surface area contributed by atoms with Crippen molar-refractivity contribution >= 4 is 0 Å². The van der Waals surface area contributed by atoms with Crippen LogP contribution in [0.2, 0.25) is 0 Å². The van der Waals surface area contributed by atoms with Gasteiger partial charge in [0.25, 0.3) is 10.2 Å². The highest BCUT2D eigenvalue weighted by Gasteiger charge is 2.73. The van der Waals surface area contributed by atoms with E-state index in [2.05, 4.69) is 19.1 Å². The molecule has 0 amide bonds. The molecule has 0 aliphatic heterocycles. The van der Waals surface area contributed by atoms with Gasteiger partial charge in [-0.1, -0.05) is 67.6 Å². The summed E-state index contributed by atoms with van der Waals surface area (Å²) < 4.78 is 164. The Balaban J connectivity index is 7.54. The van der Waals surface area contributed by atoms with Crippen LogP contribution in [0.4, 0.5) is 53.8 Å². The van der Waals surface area contributed by atoms with Crippen LogP contribution >= 0.6 is 0 Å². The van der Waals surface area contributed by atoms with Crippen molar-refractivity contribution < 1.29 is 83.1 Å². The Bertz CT molecular complexity index is 655. The maximum atomic E-state index is 13.1. The third kappa shape index (κ3) is 6.28. The van der Waals surface area contributed by atoms with Gasteiger partial charge in [-0.25, -0.2) is 4.84 Å². The molecule has 16 nitrogen and oxygen atoms in total. The Morgan fingerprint density at radius 1 is 0.629 bits per heavy atom. The predicted octanol–water partition coefficient (Wildman–Crippen LogP) is 2.76. The van der Waals surface area contributed by atoms with Crippen molar-refractivity contribution in [3.8, 4) is 0 Å². The lowest BCUT2D eigenvalue weighted by molar-refractivity contribution is -0.847. The lowest BCUT2D eigenvalue weighted by atomic mass is 9.91. The second-order valence-electron chi connectivity index (χ2n) is 6.00. The van der Waals surface area contributed by atoms with Gasteiger partial charge in [-0.3, -0.25) is 9.47 Å². The molecule has 0 radical (unpaired) electrons. The van der Waals surface area contributed by atoms with Gasteiger partial charge < -0.3 is 4.84 Å². The van der Waals surface area contributed by atoms with Crippen molar-refractivity contribution in [2.24, 2.45) is 5.41 Å². The SMILES string of the molecule is CC(C)(CO[N+](=O)[O-])C(O[N+](=O)[O-])(OC(N(F)F)(N(F)F)N(F)F)OC(N(F)F)(N(F)F)N(F)F. The molecule has 35 heavy (non-hydrogen) atoms. The van der Waals surface area contributed by atoms with Crippen LogP contribution in [0, 0.1) is 25.6 Å². The zero-order valence-electron chi connectivity index (χ0n) is 16.1. The van der Waals surface area contributed by atoms with E-state index < -0.39 is 72.2 Å². The molecule has 0 aromatic heterocycles. The number of nitrogens with zero attached hydrogens (tertiary/aromatic N) is 8. The van der Waals surface area contributed by atoms with E-state index in [-0.39, 0.29) is 13.8 Å². The highest BCUT2D eigenvalue weighted by molar-refractivity contribution is 4.84. The molecule has 0 atom stereocenters. The summed E-state index contributed by atoms with van der Waals surface area (Å²) >= 11 is 0. The summed E-state index contributed by atoms with van der Waals surface area (Å²) in [5, 5.41) is -3.65. The molecule has 0 rings (SSSR count). The molecular formula is C7H8F12N8O8. The lowest BCUT2D eigenvalue weighted by Crippen LogP contribution is -2.72. The summed E-state index contributed by atoms with van der Waals surface area (Å²) in [6, 6.07) is 0. The molecule has 0 aliphatic carbocycles. The molecule has 0 aromatic carbocycles. The van der Waals surface area contributed by atoms with Crippen molar-refractivity contribution in [2.75, 3.05) is 6.61 Å². The second kappa shape index (κ2) is 11.3. The van der Waals surface area contributed by atoms with Gasteiger partial charge in [0.05, 0.1) is 37.5 Å². The number of ether oxygens (including phenoxy) is 2. The Labute approximate surface area is 180 Å². The number of halogens is 12. The van der Waals surface area contributed by atoms with Crippen LogP contribution in [0.15, 0.2) is 0 Å². The van der Waals surface area contributed by atoms with Crippen molar-refractivity contribution in [1.29, 1.82) is 0 Å². The fourth-order valence-corrected chi connectivity index (χ4v) is 1.77. The first-order chi connectivity index (χ1) is 15.7. The van der Waals surface area contributed by atoms with Gasteiger partial charge in [-0.15, -0.1) is 20.2 Å². The van der Waals surface area contributed by atoms with Crippen LogP contribution in [0.3, 0.4) is 0 Å². The maximum absolute atomic E-state index is 13.1. The third-order valence-electron chi connectivity index (χ3n) is 3.42. The molecule has 0 bridgehead atoms. The van der Waals surface area contributed by atoms with Gasteiger partial charge >= 0.3 is 17.9 Å². The monoisotopic (exact) mass is 560 g/mol. The van der Waals surface area contributed by atoms with E-state index in [0.29, 0.717) is 0 Å². The molecular weight excluding hydrogens is 552 g/mol. The minimum absolute atomic E-state index is 0.0136. The van der Waals surface area contributed by atoms with E-state index in [1.807, 2.05) is 0 Å². The van der Waals surface area contributed by atoms with Gasteiger partial charge in [0.2, 0.25) is 0 Å². The molecule has 0 aromatic rings. The Morgan fingerprint density at radius 2 is 0.914 bits per heavy atom. The summed E-state index contributed by atoms with van der Waals surface area (Å²) in [5.41, 5.74) is -3.63. The van der Waals surface area contributed by atoms with E-state index >= 15 is 0 Å². The van der Waals surface area contributed by atoms with E-state index in [1.54, 1.807) is 0 Å². The van der Waals surface area contributed by atoms with Crippen LogP contribution in [0.25, 0.3) is 0 Å². The first-order valence-corrected chi connectivity index (χ1v) is 7.38. The van der Waals surface area contributed by atoms with Crippen molar-refractivity contribution in [3.05, 3.63) is 20.2 Å². The zero-order valence-corrected chi connectivity index (χ0v) is 16.1. The van der Waals surface area contributed by atoms with Crippen molar-refractivity contribution in [2.45, 2.75) is 31.8 Å². The largest absolute Gasteiger partial charge is 0.413 e. The summed E-state index contributed by atoms with van der Waals surface area (Å²) in [6.45, 7) is -2.15. The molecule has 0 heterocycles. The molecule has 28 heteroatoms. The Hall–Kier alpha value is -2.76. The maximum Gasteiger partial charge on any atom is 0.413 e. The molecule has 0 aliphatic rings. The summed E-state index contributed by atoms with van der Waals surface area (Å²) in [7, 11) is 0. The Morgan fingerprint density at radius 3 is 1.11 bits per heavy atom. The average Bonchev–Trinajstić information content (AvgIpc) is 2.66. The summed E-state index contributed by atoms with van der Waals surface area (Å²) in [5.74, 6) is -17.9. The number of hydrogen-bond acceptors (Lipinski definition) is 14. The first kappa shape index (κ1) is 32.2. The highest BCUT2D eigenvalue weighted by Crippen LogP contribution is 2.48. The smallest absolute Gasteiger partial charge is 0.313 e. The van der Waals surface area contributed by atoms with Gasteiger partial charge in [0, 0.05) is 0 Å². The Kier molecular flexibility index (Phi) is 10.4. The molecule has 0 spiro atoms. The van der Waals surface area contributed by atoms with Gasteiger partial charge in [-0.05, 0) is 0 Å². The van der Waals surface area contributed by atoms with Crippen LogP contribution < -0.4 is 0 Å². The molecule has 0 unspecified atom stereocenters. The first-order valence-electron chi connectivity index (χ1n) is 7.38. The summed E-state index contributed by atoms with van der Waals surface area (Å²) in [4.78, 5) is 28.0. The van der Waals surface area contributed by atoms with Crippen LogP contribution in [0.1, 0.15) is 13.8 Å². The minimum atomic E-state index is -6.22. The van der Waals surface area contributed by atoms with E-state index in [9.17, 15) is 74.0 Å². The highest BCUT2D eigenvalue weighted by atomic mass is 19.4. The molecule has 0 N–H and O–H groups in total. The van der Waals surface area contributed by atoms with Crippen LogP contribution in [0.5, 0.6) is 0 Å². The van der Waals surface area contributed by atoms with Crippen LogP contribution in [-0.2, 0) is 19.1 Å². The second-order valence-corrected chi connectivity index (χ2v) is 6.00. The van der Waals surface area contributed by atoms with E-state index in [4.69, 9.17) is 0 Å². The number of rotatable bonds is 16. The molecule has 0 saturated heterocycles. The zero-order chi connectivity index (χ0) is 28.2. The fraction of sp³-hybridized carbons (Fsp3) is 1.00. The molecule has 208 valence electrons. The third-order valence-corrected chi connectivity index (χ3v) is 3.42. The average molecular weight is 560 g/mol. The van der Waals surface area contributed by atoms with Gasteiger partial charge in [0.15, 0.2) is 0 Å². The number of hydrogen-bond donors (Lipinski definition) is 0. The quantitative estimate of drug-likeness (QED) is 0.0898. The van der Waals surface area contributed by atoms with Gasteiger partial charge in [0.1, 0.15) is 6.61 Å². The topological polar surface area (TPSA) is 143 Å². The van der Waals surface area contributed by atoms with Crippen molar-refractivity contribution in [3.63, 3.8) is 0 Å². The normalized spacial score (nSPS) is 14.1.